The van der Waals surface area contributed by atoms with E-state index in [9.17, 15) is 4.79 Å². The van der Waals surface area contributed by atoms with Crippen LogP contribution in [0.2, 0.25) is 0 Å². The standard InChI is InChI=1S/C16H22N2O/c1-12-5-3-4-6-14(12)16(7-8-16)15(19)18-10-9-17-13(2)11-18/h3-6,13,17H,7-11H2,1-2H3/t13-/m0/s1. The molecule has 102 valence electrons. The summed E-state index contributed by atoms with van der Waals surface area (Å²) in [5, 5.41) is 3.40. The minimum atomic E-state index is -0.206. The Kier molecular flexibility index (Phi) is 3.09. The lowest BCUT2D eigenvalue weighted by molar-refractivity contribution is -0.135. The molecular weight excluding hydrogens is 236 g/mol. The molecule has 2 aliphatic rings. The Morgan fingerprint density at radius 2 is 2.11 bits per heavy atom. The Morgan fingerprint density at radius 1 is 1.37 bits per heavy atom. The number of carbonyl (C=O) groups is 1. The number of hydrogen-bond donors (Lipinski definition) is 1. The molecule has 3 rings (SSSR count). The zero-order valence-electron chi connectivity index (χ0n) is 11.8. The topological polar surface area (TPSA) is 32.3 Å². The van der Waals surface area contributed by atoms with E-state index in [1.807, 2.05) is 6.07 Å². The highest BCUT2D eigenvalue weighted by atomic mass is 16.2. The average Bonchev–Trinajstić information content (AvgIpc) is 3.20. The number of hydrogen-bond acceptors (Lipinski definition) is 2. The van der Waals surface area contributed by atoms with E-state index >= 15 is 0 Å². The number of aryl methyl sites for hydroxylation is 1. The second kappa shape index (κ2) is 4.64. The molecule has 1 aromatic rings. The van der Waals surface area contributed by atoms with Crippen LogP contribution in [0.4, 0.5) is 0 Å². The van der Waals surface area contributed by atoms with Crippen molar-refractivity contribution in [3.8, 4) is 0 Å². The molecule has 19 heavy (non-hydrogen) atoms. The number of nitrogens with one attached hydrogen (secondary N) is 1. The van der Waals surface area contributed by atoms with Crippen molar-refractivity contribution in [3.05, 3.63) is 35.4 Å². The second-order valence-electron chi connectivity index (χ2n) is 6.00. The average molecular weight is 258 g/mol. The van der Waals surface area contributed by atoms with E-state index in [1.54, 1.807) is 0 Å². The zero-order chi connectivity index (χ0) is 13.5. The molecule has 1 heterocycles. The fraction of sp³-hybridized carbons (Fsp3) is 0.562. The van der Waals surface area contributed by atoms with E-state index in [0.717, 1.165) is 32.5 Å². The van der Waals surface area contributed by atoms with Crippen molar-refractivity contribution in [1.29, 1.82) is 0 Å². The van der Waals surface area contributed by atoms with E-state index in [0.29, 0.717) is 11.9 Å². The highest BCUT2D eigenvalue weighted by Crippen LogP contribution is 2.50. The van der Waals surface area contributed by atoms with Gasteiger partial charge >= 0.3 is 0 Å². The number of carbonyl (C=O) groups excluding carboxylic acids is 1. The minimum Gasteiger partial charge on any atom is -0.339 e. The first kappa shape index (κ1) is 12.7. The normalized spacial score (nSPS) is 25.2. The van der Waals surface area contributed by atoms with Gasteiger partial charge in [0.15, 0.2) is 0 Å². The Hall–Kier alpha value is -1.35. The molecule has 1 saturated carbocycles. The van der Waals surface area contributed by atoms with Crippen molar-refractivity contribution < 1.29 is 4.79 Å². The van der Waals surface area contributed by atoms with Gasteiger partial charge in [-0.2, -0.15) is 0 Å². The van der Waals surface area contributed by atoms with Crippen molar-refractivity contribution >= 4 is 5.91 Å². The van der Waals surface area contributed by atoms with Gasteiger partial charge in [0, 0.05) is 25.7 Å². The summed E-state index contributed by atoms with van der Waals surface area (Å²) in [5.74, 6) is 0.343. The van der Waals surface area contributed by atoms with Crippen LogP contribution in [0.25, 0.3) is 0 Å². The van der Waals surface area contributed by atoms with Crippen molar-refractivity contribution in [2.24, 2.45) is 0 Å². The highest BCUT2D eigenvalue weighted by molar-refractivity contribution is 5.91. The second-order valence-corrected chi connectivity index (χ2v) is 6.00. The van der Waals surface area contributed by atoms with Gasteiger partial charge in [0.25, 0.3) is 0 Å². The van der Waals surface area contributed by atoms with Gasteiger partial charge in [-0.05, 0) is 37.8 Å². The van der Waals surface area contributed by atoms with Crippen LogP contribution in [0.3, 0.4) is 0 Å². The summed E-state index contributed by atoms with van der Waals surface area (Å²) in [6, 6.07) is 8.75. The Bertz CT molecular complexity index is 493. The first-order valence-electron chi connectivity index (χ1n) is 7.22. The predicted molar refractivity (Wildman–Crippen MR) is 76.1 cm³/mol. The van der Waals surface area contributed by atoms with Crippen LogP contribution in [0.5, 0.6) is 0 Å². The van der Waals surface area contributed by atoms with Gasteiger partial charge in [-0.15, -0.1) is 0 Å². The third kappa shape index (κ3) is 2.16. The summed E-state index contributed by atoms with van der Waals surface area (Å²) in [7, 11) is 0. The van der Waals surface area contributed by atoms with Crippen molar-refractivity contribution in [2.45, 2.75) is 38.1 Å². The lowest BCUT2D eigenvalue weighted by Crippen LogP contribution is -2.53. The summed E-state index contributed by atoms with van der Waals surface area (Å²) < 4.78 is 0. The summed E-state index contributed by atoms with van der Waals surface area (Å²) in [6.07, 6.45) is 2.02. The first-order valence-corrected chi connectivity index (χ1v) is 7.22. The Labute approximate surface area is 115 Å². The zero-order valence-corrected chi connectivity index (χ0v) is 11.8. The molecule has 0 radical (unpaired) electrons. The van der Waals surface area contributed by atoms with Gasteiger partial charge < -0.3 is 10.2 Å². The molecule has 0 aromatic heterocycles. The smallest absolute Gasteiger partial charge is 0.233 e. The predicted octanol–water partition coefficient (Wildman–Crippen LogP) is 1.85. The van der Waals surface area contributed by atoms with Crippen LogP contribution in [0.15, 0.2) is 24.3 Å². The molecule has 1 aliphatic heterocycles. The molecule has 0 bridgehead atoms. The summed E-state index contributed by atoms with van der Waals surface area (Å²) in [6.45, 7) is 6.86. The van der Waals surface area contributed by atoms with Crippen LogP contribution in [-0.2, 0) is 10.2 Å². The van der Waals surface area contributed by atoms with Crippen LogP contribution in [-0.4, -0.2) is 36.5 Å². The minimum absolute atomic E-state index is 0.206. The monoisotopic (exact) mass is 258 g/mol. The Balaban J connectivity index is 1.85. The summed E-state index contributed by atoms with van der Waals surface area (Å²) in [4.78, 5) is 14.9. The third-order valence-electron chi connectivity index (χ3n) is 4.48. The van der Waals surface area contributed by atoms with E-state index in [1.165, 1.54) is 11.1 Å². The van der Waals surface area contributed by atoms with Crippen molar-refractivity contribution in [3.63, 3.8) is 0 Å². The number of amides is 1. The molecule has 1 aliphatic carbocycles. The molecule has 0 unspecified atom stereocenters. The van der Waals surface area contributed by atoms with Gasteiger partial charge in [0.2, 0.25) is 5.91 Å². The fourth-order valence-electron chi connectivity index (χ4n) is 3.25. The largest absolute Gasteiger partial charge is 0.339 e. The summed E-state index contributed by atoms with van der Waals surface area (Å²) >= 11 is 0. The SMILES string of the molecule is Cc1ccccc1C1(C(=O)N2CCN[C@@H](C)C2)CC1. The molecule has 0 spiro atoms. The maximum absolute atomic E-state index is 12.9. The van der Waals surface area contributed by atoms with Crippen LogP contribution >= 0.6 is 0 Å². The number of benzene rings is 1. The molecule has 2 fully saturated rings. The van der Waals surface area contributed by atoms with Gasteiger partial charge in [-0.3, -0.25) is 4.79 Å². The molecule has 1 amide bonds. The number of nitrogens with zero attached hydrogens (tertiary/aromatic N) is 1. The number of rotatable bonds is 2. The molecule has 3 nitrogen and oxygen atoms in total. The van der Waals surface area contributed by atoms with E-state index in [2.05, 4.69) is 42.3 Å². The van der Waals surface area contributed by atoms with Gasteiger partial charge in [0.05, 0.1) is 5.41 Å². The van der Waals surface area contributed by atoms with Crippen molar-refractivity contribution in [1.82, 2.24) is 10.2 Å². The highest BCUT2D eigenvalue weighted by Gasteiger charge is 2.53. The maximum Gasteiger partial charge on any atom is 0.233 e. The third-order valence-corrected chi connectivity index (χ3v) is 4.48. The van der Waals surface area contributed by atoms with E-state index in [4.69, 9.17) is 0 Å². The maximum atomic E-state index is 12.9. The molecule has 1 saturated heterocycles. The van der Waals surface area contributed by atoms with E-state index in [-0.39, 0.29) is 5.41 Å². The van der Waals surface area contributed by atoms with Gasteiger partial charge in [-0.25, -0.2) is 0 Å². The van der Waals surface area contributed by atoms with Crippen molar-refractivity contribution in [2.75, 3.05) is 19.6 Å². The van der Waals surface area contributed by atoms with Gasteiger partial charge in [0.1, 0.15) is 0 Å². The quantitative estimate of drug-likeness (QED) is 0.878. The van der Waals surface area contributed by atoms with Crippen LogP contribution in [0, 0.1) is 6.92 Å². The van der Waals surface area contributed by atoms with Crippen LogP contribution < -0.4 is 5.32 Å². The van der Waals surface area contributed by atoms with E-state index < -0.39 is 0 Å². The Morgan fingerprint density at radius 3 is 2.74 bits per heavy atom. The molecule has 3 heteroatoms. The molecule has 1 N–H and O–H groups in total. The lowest BCUT2D eigenvalue weighted by Gasteiger charge is -2.35. The molecular formula is C16H22N2O. The van der Waals surface area contributed by atoms with Gasteiger partial charge in [-0.1, -0.05) is 24.3 Å². The molecule has 1 atom stereocenters. The molecule has 1 aromatic carbocycles. The summed E-state index contributed by atoms with van der Waals surface area (Å²) in [5.41, 5.74) is 2.28. The lowest BCUT2D eigenvalue weighted by atomic mass is 9.90. The first-order chi connectivity index (χ1) is 9.13. The number of piperazine rings is 1. The fourth-order valence-corrected chi connectivity index (χ4v) is 3.25. The van der Waals surface area contributed by atoms with Crippen LogP contribution in [0.1, 0.15) is 30.9 Å².